The second-order valence-electron chi connectivity index (χ2n) is 4.23. The van der Waals surface area contributed by atoms with Crippen molar-refractivity contribution >= 4 is 17.6 Å². The lowest BCUT2D eigenvalue weighted by molar-refractivity contribution is 0.265. The Bertz CT molecular complexity index is 161. The van der Waals surface area contributed by atoms with Gasteiger partial charge in [0.05, 0.1) is 0 Å². The molecule has 1 radical (unpaired) electrons. The van der Waals surface area contributed by atoms with Crippen LogP contribution in [-0.4, -0.2) is 38.9 Å². The summed E-state index contributed by atoms with van der Waals surface area (Å²) in [6, 6.07) is 0. The van der Waals surface area contributed by atoms with Gasteiger partial charge < -0.3 is 13.3 Å². The fourth-order valence-electron chi connectivity index (χ4n) is 1.67. The summed E-state index contributed by atoms with van der Waals surface area (Å²) in [4.78, 5) is 0. The van der Waals surface area contributed by atoms with Gasteiger partial charge in [0.15, 0.2) is 8.32 Å². The SMILES string of the molecule is CCCCC([Si](OC)OC)[Si](C)(C)OC. The maximum absolute atomic E-state index is 5.69. The molecule has 0 amide bonds. The highest BCUT2D eigenvalue weighted by molar-refractivity contribution is 6.83. The molecule has 1 unspecified atom stereocenters. The molecule has 15 heavy (non-hydrogen) atoms. The first-order valence-electron chi connectivity index (χ1n) is 5.53. The molecule has 0 heterocycles. The predicted molar refractivity (Wildman–Crippen MR) is 67.5 cm³/mol. The van der Waals surface area contributed by atoms with Crippen LogP contribution in [-0.2, 0) is 13.3 Å². The normalized spacial score (nSPS) is 14.6. The Balaban J connectivity index is 4.54. The van der Waals surface area contributed by atoms with E-state index in [4.69, 9.17) is 13.3 Å². The van der Waals surface area contributed by atoms with Crippen molar-refractivity contribution in [2.24, 2.45) is 0 Å². The van der Waals surface area contributed by atoms with Gasteiger partial charge >= 0.3 is 9.28 Å². The van der Waals surface area contributed by atoms with E-state index in [1.165, 1.54) is 19.3 Å². The van der Waals surface area contributed by atoms with Gasteiger partial charge in [-0.2, -0.15) is 0 Å². The summed E-state index contributed by atoms with van der Waals surface area (Å²) in [5.41, 5.74) is 0. The van der Waals surface area contributed by atoms with Gasteiger partial charge in [-0.1, -0.05) is 19.8 Å². The minimum Gasteiger partial charge on any atom is -0.420 e. The average Bonchev–Trinajstić information content (AvgIpc) is 2.24. The first-order chi connectivity index (χ1) is 7.03. The molecule has 0 spiro atoms. The summed E-state index contributed by atoms with van der Waals surface area (Å²) in [6.07, 6.45) is 3.61. The molecule has 0 aliphatic heterocycles. The minimum absolute atomic E-state index is 0.502. The van der Waals surface area contributed by atoms with Crippen molar-refractivity contribution in [1.82, 2.24) is 0 Å². The third-order valence-corrected chi connectivity index (χ3v) is 10.4. The monoisotopic (exact) mass is 249 g/mol. The zero-order valence-corrected chi connectivity index (χ0v) is 12.9. The standard InChI is InChI=1S/C10H25O3Si2/c1-7-8-9-10(14(11-2)12-3)15(5,6)13-4/h10H,7-9H2,1-6H3. The second kappa shape index (κ2) is 7.56. The third-order valence-electron chi connectivity index (χ3n) is 2.90. The van der Waals surface area contributed by atoms with Gasteiger partial charge in [0.25, 0.3) is 0 Å². The molecule has 0 aromatic heterocycles. The number of hydrogen-bond acceptors (Lipinski definition) is 3. The van der Waals surface area contributed by atoms with Crippen LogP contribution in [0.25, 0.3) is 0 Å². The van der Waals surface area contributed by atoms with Gasteiger partial charge in [-0.05, 0) is 19.5 Å². The van der Waals surface area contributed by atoms with E-state index in [-0.39, 0.29) is 0 Å². The lowest BCUT2D eigenvalue weighted by Crippen LogP contribution is -2.45. The van der Waals surface area contributed by atoms with Gasteiger partial charge in [-0.25, -0.2) is 0 Å². The van der Waals surface area contributed by atoms with Crippen LogP contribution in [0.1, 0.15) is 26.2 Å². The van der Waals surface area contributed by atoms with Crippen LogP contribution in [0.2, 0.25) is 18.3 Å². The van der Waals surface area contributed by atoms with Crippen molar-refractivity contribution < 1.29 is 13.3 Å². The van der Waals surface area contributed by atoms with Crippen LogP contribution in [0.5, 0.6) is 0 Å². The Morgan fingerprint density at radius 1 is 1.13 bits per heavy atom. The van der Waals surface area contributed by atoms with E-state index in [1.54, 1.807) is 14.2 Å². The molecule has 0 saturated heterocycles. The summed E-state index contributed by atoms with van der Waals surface area (Å²) in [5.74, 6) is 0. The summed E-state index contributed by atoms with van der Waals surface area (Å²) in [7, 11) is 2.49. The van der Waals surface area contributed by atoms with E-state index in [9.17, 15) is 0 Å². The second-order valence-corrected chi connectivity index (χ2v) is 11.3. The Hall–Kier alpha value is 0.314. The highest BCUT2D eigenvalue weighted by Crippen LogP contribution is 2.31. The molecule has 91 valence electrons. The number of rotatable bonds is 8. The third kappa shape index (κ3) is 4.78. The highest BCUT2D eigenvalue weighted by Gasteiger charge is 2.41. The molecule has 5 heteroatoms. The molecule has 3 nitrogen and oxygen atoms in total. The zero-order chi connectivity index (χ0) is 11.9. The Kier molecular flexibility index (Phi) is 7.72. The molecular formula is C10H25O3Si2. The molecule has 0 aliphatic carbocycles. The minimum atomic E-state index is -1.65. The van der Waals surface area contributed by atoms with Crippen LogP contribution in [0.4, 0.5) is 0 Å². The van der Waals surface area contributed by atoms with Crippen molar-refractivity contribution in [3.8, 4) is 0 Å². The van der Waals surface area contributed by atoms with E-state index >= 15 is 0 Å². The number of unbranched alkanes of at least 4 members (excludes halogenated alkanes) is 1. The lowest BCUT2D eigenvalue weighted by Gasteiger charge is -2.32. The summed E-state index contributed by atoms with van der Waals surface area (Å²) < 4.78 is 16.6. The Morgan fingerprint density at radius 2 is 1.67 bits per heavy atom. The van der Waals surface area contributed by atoms with E-state index in [1.807, 2.05) is 7.11 Å². The fourth-order valence-corrected chi connectivity index (χ4v) is 7.36. The predicted octanol–water partition coefficient (Wildman–Crippen LogP) is 2.72. The lowest BCUT2D eigenvalue weighted by atomic mass is 10.3. The van der Waals surface area contributed by atoms with Gasteiger partial charge in [0, 0.05) is 26.5 Å². The first-order valence-corrected chi connectivity index (χ1v) is 9.91. The molecule has 0 N–H and O–H groups in total. The van der Waals surface area contributed by atoms with Crippen LogP contribution in [0.15, 0.2) is 0 Å². The average molecular weight is 249 g/mol. The van der Waals surface area contributed by atoms with Gasteiger partial charge in [-0.3, -0.25) is 0 Å². The molecule has 0 fully saturated rings. The molecule has 0 bridgehead atoms. The van der Waals surface area contributed by atoms with Crippen LogP contribution in [0.3, 0.4) is 0 Å². The molecule has 1 atom stereocenters. The molecule has 0 rings (SSSR count). The summed E-state index contributed by atoms with van der Waals surface area (Å²) in [6.45, 7) is 6.70. The van der Waals surface area contributed by atoms with Crippen molar-refractivity contribution in [3.05, 3.63) is 0 Å². The van der Waals surface area contributed by atoms with Crippen molar-refractivity contribution in [2.75, 3.05) is 21.3 Å². The quantitative estimate of drug-likeness (QED) is 0.619. The van der Waals surface area contributed by atoms with Crippen molar-refractivity contribution in [1.29, 1.82) is 0 Å². The van der Waals surface area contributed by atoms with E-state index in [0.717, 1.165) is 0 Å². The zero-order valence-electron chi connectivity index (χ0n) is 10.9. The maximum atomic E-state index is 5.69. The Labute approximate surface area is 97.1 Å². The largest absolute Gasteiger partial charge is 0.420 e. The van der Waals surface area contributed by atoms with Crippen LogP contribution in [0, 0.1) is 0 Å². The van der Waals surface area contributed by atoms with Gasteiger partial charge in [0.2, 0.25) is 0 Å². The van der Waals surface area contributed by atoms with E-state index < -0.39 is 17.6 Å². The maximum Gasteiger partial charge on any atom is 0.386 e. The van der Waals surface area contributed by atoms with Crippen LogP contribution < -0.4 is 0 Å². The molecule has 0 aliphatic rings. The van der Waals surface area contributed by atoms with E-state index in [2.05, 4.69) is 20.0 Å². The van der Waals surface area contributed by atoms with Crippen LogP contribution >= 0.6 is 0 Å². The molecule has 0 aromatic carbocycles. The fraction of sp³-hybridized carbons (Fsp3) is 1.00. The van der Waals surface area contributed by atoms with Gasteiger partial charge in [-0.15, -0.1) is 0 Å². The molecule has 0 aromatic rings. The topological polar surface area (TPSA) is 27.7 Å². The molecular weight excluding hydrogens is 224 g/mol. The smallest absolute Gasteiger partial charge is 0.386 e. The number of hydrogen-bond donors (Lipinski definition) is 0. The molecule has 0 saturated carbocycles. The van der Waals surface area contributed by atoms with E-state index in [0.29, 0.717) is 5.16 Å². The summed E-state index contributed by atoms with van der Waals surface area (Å²) in [5, 5.41) is 0.502. The Morgan fingerprint density at radius 3 is 2.00 bits per heavy atom. The van der Waals surface area contributed by atoms with Gasteiger partial charge in [0.1, 0.15) is 0 Å². The van der Waals surface area contributed by atoms with Crippen molar-refractivity contribution in [3.63, 3.8) is 0 Å². The summed E-state index contributed by atoms with van der Waals surface area (Å²) >= 11 is 0. The highest BCUT2D eigenvalue weighted by atomic mass is 28.4. The first kappa shape index (κ1) is 15.3. The van der Waals surface area contributed by atoms with Crippen molar-refractivity contribution in [2.45, 2.75) is 44.4 Å².